The molecule has 28 heavy (non-hydrogen) atoms. The van der Waals surface area contributed by atoms with E-state index in [1.54, 1.807) is 60.3 Å². The van der Waals surface area contributed by atoms with Gasteiger partial charge in [-0.1, -0.05) is 30.3 Å². The monoisotopic (exact) mass is 401 g/mol. The summed E-state index contributed by atoms with van der Waals surface area (Å²) < 4.78 is 10.0. The SMILES string of the molecule is COC(=O)c1ccc(COC(=O)[C@H](CCSC)NC(=O)c2ccccc2)cc1. The molecule has 0 unspecified atom stereocenters. The molecular formula is C21H23NO5S. The van der Waals surface area contributed by atoms with Crippen LogP contribution in [0.2, 0.25) is 0 Å². The molecule has 2 aromatic carbocycles. The molecule has 1 N–H and O–H groups in total. The normalized spacial score (nSPS) is 11.4. The third kappa shape index (κ3) is 6.42. The van der Waals surface area contributed by atoms with Crippen molar-refractivity contribution in [1.82, 2.24) is 5.32 Å². The predicted molar refractivity (Wildman–Crippen MR) is 108 cm³/mol. The van der Waals surface area contributed by atoms with Gasteiger partial charge in [-0.25, -0.2) is 9.59 Å². The minimum atomic E-state index is -0.727. The Morgan fingerprint density at radius 2 is 1.68 bits per heavy atom. The summed E-state index contributed by atoms with van der Waals surface area (Å²) >= 11 is 1.59. The average Bonchev–Trinajstić information content (AvgIpc) is 2.75. The molecule has 1 amide bonds. The molecule has 0 saturated heterocycles. The van der Waals surface area contributed by atoms with Crippen LogP contribution in [0.5, 0.6) is 0 Å². The van der Waals surface area contributed by atoms with E-state index in [1.165, 1.54) is 7.11 Å². The summed E-state index contributed by atoms with van der Waals surface area (Å²) in [7, 11) is 1.32. The number of benzene rings is 2. The highest BCUT2D eigenvalue weighted by Crippen LogP contribution is 2.10. The third-order valence-electron chi connectivity index (χ3n) is 3.99. The molecule has 2 rings (SSSR count). The Morgan fingerprint density at radius 3 is 2.29 bits per heavy atom. The Kier molecular flexibility index (Phi) is 8.55. The minimum absolute atomic E-state index is 0.0528. The number of thioether (sulfide) groups is 1. The smallest absolute Gasteiger partial charge is 0.337 e. The predicted octanol–water partition coefficient (Wildman–Crippen LogP) is 3.07. The second kappa shape index (κ2) is 11.1. The molecule has 0 aliphatic heterocycles. The Labute approximate surface area is 168 Å². The molecule has 0 radical (unpaired) electrons. The number of amides is 1. The molecule has 2 aromatic rings. The van der Waals surface area contributed by atoms with Gasteiger partial charge in [0.1, 0.15) is 12.6 Å². The molecule has 0 aliphatic carbocycles. The van der Waals surface area contributed by atoms with Crippen LogP contribution in [0.25, 0.3) is 0 Å². The van der Waals surface area contributed by atoms with Crippen LogP contribution in [-0.4, -0.2) is 43.0 Å². The lowest BCUT2D eigenvalue weighted by Gasteiger charge is -2.17. The van der Waals surface area contributed by atoms with Crippen molar-refractivity contribution in [1.29, 1.82) is 0 Å². The molecule has 0 aliphatic rings. The van der Waals surface area contributed by atoms with Crippen LogP contribution in [0.15, 0.2) is 54.6 Å². The molecule has 0 aromatic heterocycles. The number of methoxy groups -OCH3 is 1. The van der Waals surface area contributed by atoms with E-state index in [2.05, 4.69) is 10.1 Å². The van der Waals surface area contributed by atoms with Gasteiger partial charge in [-0.3, -0.25) is 4.79 Å². The van der Waals surface area contributed by atoms with Crippen molar-refractivity contribution in [3.8, 4) is 0 Å². The van der Waals surface area contributed by atoms with Crippen LogP contribution in [0.3, 0.4) is 0 Å². The zero-order chi connectivity index (χ0) is 20.4. The Balaban J connectivity index is 1.96. The lowest BCUT2D eigenvalue weighted by atomic mass is 10.1. The van der Waals surface area contributed by atoms with Gasteiger partial charge in [-0.2, -0.15) is 11.8 Å². The number of ether oxygens (including phenoxy) is 2. The van der Waals surface area contributed by atoms with Gasteiger partial charge < -0.3 is 14.8 Å². The van der Waals surface area contributed by atoms with Crippen molar-refractivity contribution in [2.45, 2.75) is 19.1 Å². The first-order chi connectivity index (χ1) is 13.5. The second-order valence-corrected chi connectivity index (χ2v) is 6.96. The average molecular weight is 401 g/mol. The van der Waals surface area contributed by atoms with Crippen molar-refractivity contribution in [3.63, 3.8) is 0 Å². The molecule has 0 fully saturated rings. The number of rotatable bonds is 9. The molecule has 1 atom stereocenters. The standard InChI is InChI=1S/C21H23NO5S/c1-26-20(24)17-10-8-15(9-11-17)14-27-21(25)18(12-13-28-2)22-19(23)16-6-4-3-5-7-16/h3-11,18H,12-14H2,1-2H3,(H,22,23)/t18-/m0/s1. The van der Waals surface area contributed by atoms with Crippen molar-refractivity contribution in [2.75, 3.05) is 19.1 Å². The fourth-order valence-electron chi connectivity index (χ4n) is 2.43. The molecular weight excluding hydrogens is 378 g/mol. The topological polar surface area (TPSA) is 81.7 Å². The molecule has 7 heteroatoms. The largest absolute Gasteiger partial charge is 0.465 e. The molecule has 0 bridgehead atoms. The maximum Gasteiger partial charge on any atom is 0.337 e. The van der Waals surface area contributed by atoms with Crippen LogP contribution < -0.4 is 5.32 Å². The Bertz CT molecular complexity index is 792. The number of hydrogen-bond donors (Lipinski definition) is 1. The number of carbonyl (C=O) groups is 3. The van der Waals surface area contributed by atoms with E-state index < -0.39 is 18.0 Å². The van der Waals surface area contributed by atoms with Gasteiger partial charge in [0.25, 0.3) is 5.91 Å². The lowest BCUT2D eigenvalue weighted by Crippen LogP contribution is -2.42. The van der Waals surface area contributed by atoms with E-state index in [9.17, 15) is 14.4 Å². The van der Waals surface area contributed by atoms with E-state index in [0.717, 1.165) is 5.56 Å². The summed E-state index contributed by atoms with van der Waals surface area (Å²) in [5.41, 5.74) is 1.65. The van der Waals surface area contributed by atoms with Crippen LogP contribution in [-0.2, 0) is 20.9 Å². The quantitative estimate of drug-likeness (QED) is 0.651. The highest BCUT2D eigenvalue weighted by atomic mass is 32.2. The summed E-state index contributed by atoms with van der Waals surface area (Å²) in [6.07, 6.45) is 2.41. The van der Waals surface area contributed by atoms with Crippen LogP contribution >= 0.6 is 11.8 Å². The van der Waals surface area contributed by atoms with E-state index in [4.69, 9.17) is 4.74 Å². The zero-order valence-electron chi connectivity index (χ0n) is 15.8. The summed E-state index contributed by atoms with van der Waals surface area (Å²) in [4.78, 5) is 36.3. The van der Waals surface area contributed by atoms with Crippen LogP contribution in [0, 0.1) is 0 Å². The van der Waals surface area contributed by atoms with Crippen LogP contribution in [0.1, 0.15) is 32.7 Å². The maximum atomic E-state index is 12.5. The summed E-state index contributed by atoms with van der Waals surface area (Å²) in [6.45, 7) is 0.0528. The molecule has 0 saturated carbocycles. The summed E-state index contributed by atoms with van der Waals surface area (Å²) in [5, 5.41) is 2.75. The van der Waals surface area contributed by atoms with Gasteiger partial charge in [0.2, 0.25) is 0 Å². The highest BCUT2D eigenvalue weighted by molar-refractivity contribution is 7.98. The van der Waals surface area contributed by atoms with Crippen molar-refractivity contribution < 1.29 is 23.9 Å². The van der Waals surface area contributed by atoms with Gasteiger partial charge in [-0.15, -0.1) is 0 Å². The minimum Gasteiger partial charge on any atom is -0.465 e. The third-order valence-corrected chi connectivity index (χ3v) is 4.64. The maximum absolute atomic E-state index is 12.5. The Morgan fingerprint density at radius 1 is 1.00 bits per heavy atom. The van der Waals surface area contributed by atoms with E-state index in [-0.39, 0.29) is 12.5 Å². The van der Waals surface area contributed by atoms with Crippen molar-refractivity contribution in [3.05, 3.63) is 71.3 Å². The van der Waals surface area contributed by atoms with Crippen molar-refractivity contribution in [2.24, 2.45) is 0 Å². The number of carbonyl (C=O) groups excluding carboxylic acids is 3. The fourth-order valence-corrected chi connectivity index (χ4v) is 2.90. The number of hydrogen-bond acceptors (Lipinski definition) is 6. The van der Waals surface area contributed by atoms with Gasteiger partial charge in [-0.05, 0) is 48.3 Å². The number of nitrogens with one attached hydrogen (secondary N) is 1. The fraction of sp³-hybridized carbons (Fsp3) is 0.286. The first-order valence-electron chi connectivity index (χ1n) is 8.74. The summed E-state index contributed by atoms with van der Waals surface area (Å²) in [5.74, 6) is -0.520. The summed E-state index contributed by atoms with van der Waals surface area (Å²) in [6, 6.07) is 14.6. The van der Waals surface area contributed by atoms with Gasteiger partial charge in [0.15, 0.2) is 0 Å². The highest BCUT2D eigenvalue weighted by Gasteiger charge is 2.22. The second-order valence-electron chi connectivity index (χ2n) is 5.97. The van der Waals surface area contributed by atoms with Gasteiger partial charge in [0, 0.05) is 5.56 Å². The molecule has 0 heterocycles. The zero-order valence-corrected chi connectivity index (χ0v) is 16.7. The van der Waals surface area contributed by atoms with Gasteiger partial charge in [0.05, 0.1) is 12.7 Å². The van der Waals surface area contributed by atoms with Crippen molar-refractivity contribution >= 4 is 29.6 Å². The van der Waals surface area contributed by atoms with E-state index in [1.807, 2.05) is 12.3 Å². The lowest BCUT2D eigenvalue weighted by molar-refractivity contribution is -0.147. The number of esters is 2. The van der Waals surface area contributed by atoms with Gasteiger partial charge >= 0.3 is 11.9 Å². The molecule has 148 valence electrons. The van der Waals surface area contributed by atoms with Crippen LogP contribution in [0.4, 0.5) is 0 Å². The first-order valence-corrected chi connectivity index (χ1v) is 10.1. The first kappa shape index (κ1) is 21.5. The Hall–Kier alpha value is -2.80. The van der Waals surface area contributed by atoms with E-state index >= 15 is 0 Å². The molecule has 6 nitrogen and oxygen atoms in total. The van der Waals surface area contributed by atoms with E-state index in [0.29, 0.717) is 23.3 Å². The molecule has 0 spiro atoms.